The van der Waals surface area contributed by atoms with Crippen LogP contribution in [0.15, 0.2) is 71.9 Å². The maximum Gasteiger partial charge on any atom is 0.394 e. The van der Waals surface area contributed by atoms with Gasteiger partial charge in [0, 0.05) is 37.8 Å². The predicted molar refractivity (Wildman–Crippen MR) is 144 cm³/mol. The lowest BCUT2D eigenvalue weighted by atomic mass is 10.1. The van der Waals surface area contributed by atoms with E-state index in [4.69, 9.17) is 27.0 Å². The minimum atomic E-state index is -4.67. The van der Waals surface area contributed by atoms with Crippen LogP contribution in [0, 0.1) is 5.82 Å². The monoisotopic (exact) mass is 589 g/mol. The molecule has 0 unspecified atom stereocenters. The number of nitrogens with one attached hydrogen (secondary N) is 1. The molecule has 15 heteroatoms. The van der Waals surface area contributed by atoms with E-state index in [-0.39, 0.29) is 30.2 Å². The molecule has 4 rings (SSSR count). The average molecular weight is 590 g/mol. The molecule has 0 spiro atoms. The van der Waals surface area contributed by atoms with Crippen molar-refractivity contribution in [3.05, 3.63) is 111 Å². The first-order valence-electron chi connectivity index (χ1n) is 11.9. The van der Waals surface area contributed by atoms with Crippen LogP contribution in [-0.4, -0.2) is 57.0 Å². The molecule has 3 aromatic heterocycles. The van der Waals surface area contributed by atoms with Crippen LogP contribution in [0.25, 0.3) is 0 Å². The van der Waals surface area contributed by atoms with E-state index in [9.17, 15) is 14.0 Å². The topological polar surface area (TPSA) is 175 Å². The van der Waals surface area contributed by atoms with Crippen LogP contribution >= 0.6 is 0 Å². The molecule has 0 bridgehead atoms. The Bertz CT molecular complexity index is 1630. The molecule has 0 radical (unpaired) electrons. The number of methoxy groups -OCH3 is 2. The zero-order valence-electron chi connectivity index (χ0n) is 22.1. The summed E-state index contributed by atoms with van der Waals surface area (Å²) in [5.74, 6) is -0.973. The number of benzene rings is 1. The van der Waals surface area contributed by atoms with Crippen molar-refractivity contribution < 1.29 is 36.2 Å². The van der Waals surface area contributed by atoms with Crippen LogP contribution in [-0.2, 0) is 41.4 Å². The number of ether oxygens (including phenoxy) is 2. The van der Waals surface area contributed by atoms with Gasteiger partial charge in [0.25, 0.3) is 11.5 Å². The van der Waals surface area contributed by atoms with E-state index in [0.717, 1.165) is 11.1 Å². The van der Waals surface area contributed by atoms with Crippen molar-refractivity contribution in [1.29, 1.82) is 0 Å². The smallest absolute Gasteiger partial charge is 0.394 e. The van der Waals surface area contributed by atoms with Gasteiger partial charge in [-0.2, -0.15) is 13.5 Å². The number of amides is 1. The Morgan fingerprint density at radius 3 is 2.29 bits per heavy atom. The first-order chi connectivity index (χ1) is 19.5. The first-order valence-corrected chi connectivity index (χ1v) is 13.3. The highest BCUT2D eigenvalue weighted by Gasteiger charge is 2.18. The highest BCUT2D eigenvalue weighted by atomic mass is 32.3. The third-order valence-corrected chi connectivity index (χ3v) is 5.55. The zero-order valence-corrected chi connectivity index (χ0v) is 22.9. The summed E-state index contributed by atoms with van der Waals surface area (Å²) in [5.41, 5.74) is 2.78. The average Bonchev–Trinajstić information content (AvgIpc) is 3.32. The van der Waals surface area contributed by atoms with Crippen LogP contribution in [0.2, 0.25) is 0 Å². The third kappa shape index (κ3) is 9.61. The van der Waals surface area contributed by atoms with E-state index in [1.807, 2.05) is 30.3 Å². The second-order valence-electron chi connectivity index (χ2n) is 8.51. The fourth-order valence-corrected chi connectivity index (χ4v) is 3.71. The lowest BCUT2D eigenvalue weighted by molar-refractivity contribution is 0.0945. The maximum absolute atomic E-state index is 14.4. The van der Waals surface area contributed by atoms with E-state index >= 15 is 0 Å². The lowest BCUT2D eigenvalue weighted by Gasteiger charge is -2.08. The summed E-state index contributed by atoms with van der Waals surface area (Å²) in [6, 6.07) is 14.3. The molecule has 0 atom stereocenters. The molecule has 13 nitrogen and oxygen atoms in total. The number of pyridine rings is 2. The molecule has 3 heterocycles. The summed E-state index contributed by atoms with van der Waals surface area (Å²) in [5, 5.41) is 7.18. The van der Waals surface area contributed by atoms with Crippen molar-refractivity contribution in [2.24, 2.45) is 0 Å². The quantitative estimate of drug-likeness (QED) is 0.232. The Morgan fingerprint density at radius 1 is 1.02 bits per heavy atom. The van der Waals surface area contributed by atoms with Crippen molar-refractivity contribution in [3.63, 3.8) is 0 Å². The van der Waals surface area contributed by atoms with E-state index < -0.39 is 22.1 Å². The highest BCUT2D eigenvalue weighted by Crippen LogP contribution is 2.18. The molecule has 41 heavy (non-hydrogen) atoms. The molecule has 0 saturated heterocycles. The Morgan fingerprint density at radius 2 is 1.68 bits per heavy atom. The SMILES string of the molecule is COCc1nn(Cc2ccc(Cn3ccccc3=O)cc2)cc1C(=O)NCc1nccc(OC)c1F.O=S(=O)(O)O. The number of hydrogen-bond donors (Lipinski definition) is 3. The minimum absolute atomic E-state index is 0.0560. The van der Waals surface area contributed by atoms with Gasteiger partial charge in [-0.05, 0) is 17.2 Å². The third-order valence-electron chi connectivity index (χ3n) is 5.55. The van der Waals surface area contributed by atoms with Crippen molar-refractivity contribution >= 4 is 16.3 Å². The van der Waals surface area contributed by atoms with Crippen molar-refractivity contribution in [2.45, 2.75) is 26.2 Å². The number of halogens is 1. The number of carbonyl (C=O) groups is 1. The predicted octanol–water partition coefficient (Wildman–Crippen LogP) is 2.11. The number of aromatic nitrogens is 4. The van der Waals surface area contributed by atoms with Crippen LogP contribution in [0.3, 0.4) is 0 Å². The highest BCUT2D eigenvalue weighted by molar-refractivity contribution is 7.79. The molecule has 1 amide bonds. The molecule has 3 N–H and O–H groups in total. The van der Waals surface area contributed by atoms with E-state index in [2.05, 4.69) is 15.4 Å². The van der Waals surface area contributed by atoms with Crippen molar-refractivity contribution in [2.75, 3.05) is 14.2 Å². The number of nitrogens with zero attached hydrogens (tertiary/aromatic N) is 4. The van der Waals surface area contributed by atoms with E-state index in [0.29, 0.717) is 24.3 Å². The van der Waals surface area contributed by atoms with Crippen LogP contribution in [0.1, 0.15) is 32.9 Å². The largest absolute Gasteiger partial charge is 0.494 e. The zero-order chi connectivity index (χ0) is 30.0. The molecule has 0 saturated carbocycles. The van der Waals surface area contributed by atoms with Gasteiger partial charge >= 0.3 is 10.4 Å². The summed E-state index contributed by atoms with van der Waals surface area (Å²) in [6.07, 6.45) is 4.81. The van der Waals surface area contributed by atoms with Crippen LogP contribution in [0.5, 0.6) is 5.75 Å². The maximum atomic E-state index is 14.4. The van der Waals surface area contributed by atoms with Gasteiger partial charge in [0.05, 0.1) is 44.6 Å². The van der Waals surface area contributed by atoms with Crippen molar-refractivity contribution in [3.8, 4) is 5.75 Å². The minimum Gasteiger partial charge on any atom is -0.494 e. The first kappa shape index (κ1) is 31.1. The number of rotatable bonds is 10. The molecule has 218 valence electrons. The Kier molecular flexibility index (Phi) is 10.8. The Hall–Kier alpha value is -4.44. The van der Waals surface area contributed by atoms with Gasteiger partial charge in [-0.3, -0.25) is 28.4 Å². The summed E-state index contributed by atoms with van der Waals surface area (Å²) >= 11 is 0. The van der Waals surface area contributed by atoms with Gasteiger partial charge in [-0.1, -0.05) is 30.3 Å². The van der Waals surface area contributed by atoms with Gasteiger partial charge in [-0.25, -0.2) is 4.39 Å². The molecule has 0 aliphatic rings. The van der Waals surface area contributed by atoms with Gasteiger partial charge in [0.15, 0.2) is 11.6 Å². The fourth-order valence-electron chi connectivity index (χ4n) is 3.71. The molecule has 4 aromatic rings. The molecule has 1 aromatic carbocycles. The Labute approximate surface area is 234 Å². The summed E-state index contributed by atoms with van der Waals surface area (Å²) < 4.78 is 59.4. The van der Waals surface area contributed by atoms with Gasteiger partial charge in [0.1, 0.15) is 5.69 Å². The second-order valence-corrected chi connectivity index (χ2v) is 9.40. The van der Waals surface area contributed by atoms with Gasteiger partial charge in [-0.15, -0.1) is 0 Å². The van der Waals surface area contributed by atoms with Gasteiger partial charge < -0.3 is 19.4 Å². The van der Waals surface area contributed by atoms with Gasteiger partial charge in [0.2, 0.25) is 0 Å². The summed E-state index contributed by atoms with van der Waals surface area (Å²) in [4.78, 5) is 28.8. The summed E-state index contributed by atoms with van der Waals surface area (Å²) in [6.45, 7) is 0.951. The van der Waals surface area contributed by atoms with Crippen molar-refractivity contribution in [1.82, 2.24) is 24.6 Å². The molecule has 0 aliphatic heterocycles. The molecular weight excluding hydrogens is 561 g/mol. The standard InChI is InChI=1S/C26H26FN5O4.H2O4S/c1-35-17-22-20(26(34)29-13-21-25(27)23(36-2)10-11-28-21)16-32(30-22)15-19-8-6-18(7-9-19)14-31-12-4-3-5-24(31)33;1-5(2,3)4/h3-12,16H,13-15,17H2,1-2H3,(H,29,34);(H2,1,2,3,4). The number of hydrogen-bond acceptors (Lipinski definition) is 8. The second kappa shape index (κ2) is 14.3. The van der Waals surface area contributed by atoms with E-state index in [1.54, 1.807) is 27.7 Å². The molecule has 0 aliphatic carbocycles. The lowest BCUT2D eigenvalue weighted by Crippen LogP contribution is -2.24. The fraction of sp³-hybridized carbons (Fsp3) is 0.231. The van der Waals surface area contributed by atoms with Crippen LogP contribution in [0.4, 0.5) is 4.39 Å². The molecular formula is C26H28FN5O8S. The normalized spacial score (nSPS) is 11.0. The number of carbonyl (C=O) groups excluding carboxylic acids is 1. The Balaban J connectivity index is 0.000000850. The summed E-state index contributed by atoms with van der Waals surface area (Å²) in [7, 11) is -1.78. The molecule has 0 fully saturated rings. The van der Waals surface area contributed by atoms with Crippen LogP contribution < -0.4 is 15.6 Å². The van der Waals surface area contributed by atoms with E-state index in [1.165, 1.54) is 32.5 Å².